The van der Waals surface area contributed by atoms with Gasteiger partial charge in [-0.3, -0.25) is 0 Å². The van der Waals surface area contributed by atoms with Gasteiger partial charge in [0.15, 0.2) is 0 Å². The molecule has 0 spiro atoms. The lowest BCUT2D eigenvalue weighted by molar-refractivity contribution is 0.191. The second-order valence-electron chi connectivity index (χ2n) is 3.69. The molecule has 2 aliphatic carbocycles. The average molecular weight is 125 g/mol. The van der Waals surface area contributed by atoms with Gasteiger partial charge in [0.2, 0.25) is 0 Å². The zero-order valence-electron chi connectivity index (χ0n) is 5.90. The smallest absolute Gasteiger partial charge is 0.00179 e. The summed E-state index contributed by atoms with van der Waals surface area (Å²) in [6.45, 7) is 0.956. The van der Waals surface area contributed by atoms with Crippen molar-refractivity contribution in [2.75, 3.05) is 6.54 Å². The topological polar surface area (TPSA) is 26.0 Å². The number of hydrogen-bond donors (Lipinski definition) is 1. The molecule has 2 aliphatic rings. The van der Waals surface area contributed by atoms with E-state index in [0.29, 0.717) is 5.41 Å². The maximum absolute atomic E-state index is 5.68. The molecule has 0 aromatic rings. The second-order valence-corrected chi connectivity index (χ2v) is 3.69. The van der Waals surface area contributed by atoms with Gasteiger partial charge in [0, 0.05) is 0 Å². The molecule has 2 fully saturated rings. The number of rotatable bonds is 2. The molecule has 0 radical (unpaired) electrons. The Bertz CT molecular complexity index is 112. The van der Waals surface area contributed by atoms with E-state index in [0.717, 1.165) is 12.5 Å². The quantitative estimate of drug-likeness (QED) is 0.595. The van der Waals surface area contributed by atoms with Crippen LogP contribution in [0.3, 0.4) is 0 Å². The van der Waals surface area contributed by atoms with E-state index >= 15 is 0 Å². The predicted molar refractivity (Wildman–Crippen MR) is 38.1 cm³/mol. The Balaban J connectivity index is 1.94. The van der Waals surface area contributed by atoms with Crippen LogP contribution in [0.2, 0.25) is 0 Å². The third-order valence-electron chi connectivity index (χ3n) is 3.27. The summed E-state index contributed by atoms with van der Waals surface area (Å²) in [5, 5.41) is 0. The molecule has 0 aromatic carbocycles. The monoisotopic (exact) mass is 125 g/mol. The van der Waals surface area contributed by atoms with Crippen molar-refractivity contribution in [1.29, 1.82) is 0 Å². The van der Waals surface area contributed by atoms with Gasteiger partial charge in [-0.1, -0.05) is 6.42 Å². The van der Waals surface area contributed by atoms with Crippen molar-refractivity contribution in [1.82, 2.24) is 0 Å². The molecular formula is C8H15N. The van der Waals surface area contributed by atoms with E-state index in [1.165, 1.54) is 32.1 Å². The van der Waals surface area contributed by atoms with Crippen LogP contribution in [0.5, 0.6) is 0 Å². The Morgan fingerprint density at radius 2 is 2.00 bits per heavy atom. The lowest BCUT2D eigenvalue weighted by Gasteiger charge is -2.33. The highest BCUT2D eigenvalue weighted by atomic mass is 14.7. The molecule has 0 saturated heterocycles. The molecule has 0 heterocycles. The molecule has 0 aromatic heterocycles. The Labute approximate surface area is 56.6 Å². The summed E-state index contributed by atoms with van der Waals surface area (Å²) < 4.78 is 0. The molecule has 2 N–H and O–H groups in total. The minimum absolute atomic E-state index is 0.665. The SMILES string of the molecule is NCC1(C2CCC2)CC1. The Morgan fingerprint density at radius 3 is 2.11 bits per heavy atom. The second kappa shape index (κ2) is 1.72. The van der Waals surface area contributed by atoms with Crippen LogP contribution in [0.15, 0.2) is 0 Å². The van der Waals surface area contributed by atoms with Crippen molar-refractivity contribution in [3.8, 4) is 0 Å². The van der Waals surface area contributed by atoms with Crippen LogP contribution in [0.4, 0.5) is 0 Å². The summed E-state index contributed by atoms with van der Waals surface area (Å²) in [5.41, 5.74) is 6.34. The van der Waals surface area contributed by atoms with Crippen LogP contribution >= 0.6 is 0 Å². The van der Waals surface area contributed by atoms with Gasteiger partial charge in [0.05, 0.1) is 0 Å². The first-order valence-corrected chi connectivity index (χ1v) is 4.07. The summed E-state index contributed by atoms with van der Waals surface area (Å²) in [6, 6.07) is 0. The van der Waals surface area contributed by atoms with Crippen LogP contribution in [0, 0.1) is 11.3 Å². The Kier molecular flexibility index (Phi) is 1.10. The fourth-order valence-corrected chi connectivity index (χ4v) is 1.96. The molecular weight excluding hydrogens is 110 g/mol. The van der Waals surface area contributed by atoms with Gasteiger partial charge < -0.3 is 5.73 Å². The lowest BCUT2D eigenvalue weighted by Crippen LogP contribution is -2.29. The molecule has 2 saturated carbocycles. The maximum Gasteiger partial charge on any atom is -0.00179 e. The number of hydrogen-bond acceptors (Lipinski definition) is 1. The molecule has 0 amide bonds. The molecule has 0 aliphatic heterocycles. The van der Waals surface area contributed by atoms with Gasteiger partial charge >= 0.3 is 0 Å². The van der Waals surface area contributed by atoms with E-state index in [2.05, 4.69) is 0 Å². The third kappa shape index (κ3) is 0.710. The largest absolute Gasteiger partial charge is 0.330 e. The van der Waals surface area contributed by atoms with E-state index < -0.39 is 0 Å². The van der Waals surface area contributed by atoms with Crippen molar-refractivity contribution in [2.24, 2.45) is 17.1 Å². The van der Waals surface area contributed by atoms with Crippen LogP contribution in [0.25, 0.3) is 0 Å². The van der Waals surface area contributed by atoms with Gasteiger partial charge in [-0.15, -0.1) is 0 Å². The highest BCUT2D eigenvalue weighted by Gasteiger charge is 2.49. The molecule has 2 rings (SSSR count). The molecule has 0 unspecified atom stereocenters. The fraction of sp³-hybridized carbons (Fsp3) is 1.00. The van der Waals surface area contributed by atoms with Crippen molar-refractivity contribution in [3.63, 3.8) is 0 Å². The summed E-state index contributed by atoms with van der Waals surface area (Å²) in [4.78, 5) is 0. The van der Waals surface area contributed by atoms with Crippen molar-refractivity contribution in [3.05, 3.63) is 0 Å². The van der Waals surface area contributed by atoms with E-state index in [1.54, 1.807) is 0 Å². The lowest BCUT2D eigenvalue weighted by atomic mass is 9.73. The highest BCUT2D eigenvalue weighted by molar-refractivity contribution is 5.01. The van der Waals surface area contributed by atoms with Gasteiger partial charge in [-0.2, -0.15) is 0 Å². The van der Waals surface area contributed by atoms with Gasteiger partial charge in [-0.05, 0) is 43.6 Å². The molecule has 1 nitrogen and oxygen atoms in total. The standard InChI is InChI=1S/C8H15N/c9-6-8(4-5-8)7-2-1-3-7/h7H,1-6,9H2. The predicted octanol–water partition coefficient (Wildman–Crippen LogP) is 1.53. The van der Waals surface area contributed by atoms with E-state index in [-0.39, 0.29) is 0 Å². The van der Waals surface area contributed by atoms with Crippen molar-refractivity contribution >= 4 is 0 Å². The summed E-state index contributed by atoms with van der Waals surface area (Å²) >= 11 is 0. The van der Waals surface area contributed by atoms with Crippen molar-refractivity contribution in [2.45, 2.75) is 32.1 Å². The normalized spacial score (nSPS) is 31.7. The summed E-state index contributed by atoms with van der Waals surface area (Å²) in [6.07, 6.45) is 7.25. The van der Waals surface area contributed by atoms with Crippen LogP contribution in [-0.4, -0.2) is 6.54 Å². The van der Waals surface area contributed by atoms with Gasteiger partial charge in [-0.25, -0.2) is 0 Å². The first-order valence-electron chi connectivity index (χ1n) is 4.07. The van der Waals surface area contributed by atoms with Gasteiger partial charge in [0.25, 0.3) is 0 Å². The molecule has 52 valence electrons. The average Bonchev–Trinajstić information content (AvgIpc) is 2.44. The minimum Gasteiger partial charge on any atom is -0.330 e. The zero-order chi connectivity index (χ0) is 6.32. The number of nitrogens with two attached hydrogens (primary N) is 1. The van der Waals surface area contributed by atoms with E-state index in [1.807, 2.05) is 0 Å². The van der Waals surface area contributed by atoms with E-state index in [9.17, 15) is 0 Å². The summed E-state index contributed by atoms with van der Waals surface area (Å²) in [5.74, 6) is 1.03. The highest BCUT2D eigenvalue weighted by Crippen LogP contribution is 2.57. The van der Waals surface area contributed by atoms with Gasteiger partial charge in [0.1, 0.15) is 0 Å². The van der Waals surface area contributed by atoms with Crippen LogP contribution in [0.1, 0.15) is 32.1 Å². The molecule has 1 heteroatoms. The summed E-state index contributed by atoms with van der Waals surface area (Å²) in [7, 11) is 0. The third-order valence-corrected chi connectivity index (χ3v) is 3.27. The first kappa shape index (κ1) is 5.72. The molecule has 0 bridgehead atoms. The van der Waals surface area contributed by atoms with E-state index in [4.69, 9.17) is 5.73 Å². The fourth-order valence-electron chi connectivity index (χ4n) is 1.96. The molecule has 0 atom stereocenters. The first-order chi connectivity index (χ1) is 4.37. The molecule has 9 heavy (non-hydrogen) atoms. The Hall–Kier alpha value is -0.0400. The van der Waals surface area contributed by atoms with Crippen LogP contribution in [-0.2, 0) is 0 Å². The Morgan fingerprint density at radius 1 is 1.33 bits per heavy atom. The minimum atomic E-state index is 0.665. The van der Waals surface area contributed by atoms with Crippen LogP contribution < -0.4 is 5.73 Å². The zero-order valence-corrected chi connectivity index (χ0v) is 5.90. The maximum atomic E-state index is 5.68. The van der Waals surface area contributed by atoms with Crippen molar-refractivity contribution < 1.29 is 0 Å².